The Kier molecular flexibility index (Phi) is 4.04. The number of carboxylic acid groups (broad SMARTS) is 1. The fourth-order valence-electron chi connectivity index (χ4n) is 2.66. The molecule has 18 heavy (non-hydrogen) atoms. The van der Waals surface area contributed by atoms with E-state index in [9.17, 15) is 14.7 Å². The summed E-state index contributed by atoms with van der Waals surface area (Å²) < 4.78 is 0. The molecule has 0 aromatic rings. The maximum atomic E-state index is 12.1. The van der Waals surface area contributed by atoms with E-state index in [1.807, 2.05) is 11.8 Å². The molecular formula is C12H20N2O3S. The Morgan fingerprint density at radius 3 is 2.56 bits per heavy atom. The van der Waals surface area contributed by atoms with Gasteiger partial charge < -0.3 is 15.3 Å². The predicted molar refractivity (Wildman–Crippen MR) is 70.9 cm³/mol. The van der Waals surface area contributed by atoms with Crippen molar-refractivity contribution in [1.82, 2.24) is 10.2 Å². The van der Waals surface area contributed by atoms with Crippen LogP contribution in [0.2, 0.25) is 0 Å². The molecule has 102 valence electrons. The molecule has 1 saturated heterocycles. The zero-order chi connectivity index (χ0) is 13.2. The second-order valence-electron chi connectivity index (χ2n) is 5.15. The van der Waals surface area contributed by atoms with Crippen molar-refractivity contribution in [3.05, 3.63) is 0 Å². The molecule has 6 heteroatoms. The van der Waals surface area contributed by atoms with E-state index in [0.29, 0.717) is 12.8 Å². The summed E-state index contributed by atoms with van der Waals surface area (Å²) in [5.41, 5.74) is -1.03. The summed E-state index contributed by atoms with van der Waals surface area (Å²) in [5, 5.41) is 12.1. The third-order valence-corrected chi connectivity index (χ3v) is 5.13. The lowest BCUT2D eigenvalue weighted by Crippen LogP contribution is -2.57. The molecule has 5 nitrogen and oxygen atoms in total. The Morgan fingerprint density at radius 2 is 2.06 bits per heavy atom. The topological polar surface area (TPSA) is 69.6 Å². The molecule has 1 aliphatic heterocycles. The van der Waals surface area contributed by atoms with Crippen LogP contribution in [-0.2, 0) is 4.79 Å². The van der Waals surface area contributed by atoms with Gasteiger partial charge in [0.2, 0.25) is 0 Å². The number of amides is 2. The van der Waals surface area contributed by atoms with Crippen LogP contribution >= 0.6 is 11.8 Å². The number of rotatable bonds is 3. The standard InChI is InChI=1S/C12H20N2O3S/c1-14(9-4-7-18-8-9)11(17)13-12(10(15)16)5-2-3-6-12/h9H,2-8H2,1H3,(H,13,17)(H,15,16). The molecule has 0 spiro atoms. The molecule has 0 bridgehead atoms. The van der Waals surface area contributed by atoms with Gasteiger partial charge in [-0.25, -0.2) is 9.59 Å². The Bertz CT molecular complexity index is 336. The number of carboxylic acids is 1. The summed E-state index contributed by atoms with van der Waals surface area (Å²) in [6, 6.07) is -0.00551. The molecule has 0 radical (unpaired) electrons. The van der Waals surface area contributed by atoms with Gasteiger partial charge in [-0.2, -0.15) is 11.8 Å². The van der Waals surface area contributed by atoms with Crippen LogP contribution in [-0.4, -0.2) is 52.1 Å². The number of nitrogens with one attached hydrogen (secondary N) is 1. The first-order valence-corrected chi connectivity index (χ1v) is 7.57. The van der Waals surface area contributed by atoms with Crippen LogP contribution in [0.3, 0.4) is 0 Å². The Hall–Kier alpha value is -0.910. The van der Waals surface area contributed by atoms with E-state index < -0.39 is 11.5 Å². The van der Waals surface area contributed by atoms with Gasteiger partial charge in [-0.05, 0) is 25.0 Å². The van der Waals surface area contributed by atoms with Crippen molar-refractivity contribution in [2.75, 3.05) is 18.6 Å². The van der Waals surface area contributed by atoms with E-state index in [-0.39, 0.29) is 12.1 Å². The van der Waals surface area contributed by atoms with Crippen LogP contribution in [0.1, 0.15) is 32.1 Å². The number of carbonyl (C=O) groups is 2. The monoisotopic (exact) mass is 272 g/mol. The minimum atomic E-state index is -1.03. The quantitative estimate of drug-likeness (QED) is 0.817. The first-order valence-electron chi connectivity index (χ1n) is 6.41. The molecule has 1 saturated carbocycles. The van der Waals surface area contributed by atoms with Crippen molar-refractivity contribution < 1.29 is 14.7 Å². The van der Waals surface area contributed by atoms with E-state index in [1.54, 1.807) is 11.9 Å². The van der Waals surface area contributed by atoms with Gasteiger partial charge in [-0.1, -0.05) is 12.8 Å². The van der Waals surface area contributed by atoms with Crippen LogP contribution in [0.25, 0.3) is 0 Å². The number of aliphatic carboxylic acids is 1. The lowest BCUT2D eigenvalue weighted by molar-refractivity contribution is -0.144. The summed E-state index contributed by atoms with van der Waals surface area (Å²) in [6.07, 6.45) is 3.82. The SMILES string of the molecule is CN(C(=O)NC1(C(=O)O)CCCC1)C1CCSC1. The average molecular weight is 272 g/mol. The van der Waals surface area contributed by atoms with Crippen molar-refractivity contribution in [2.24, 2.45) is 0 Å². The summed E-state index contributed by atoms with van der Waals surface area (Å²) >= 11 is 1.84. The summed E-state index contributed by atoms with van der Waals surface area (Å²) in [7, 11) is 1.76. The zero-order valence-corrected chi connectivity index (χ0v) is 11.5. The van der Waals surface area contributed by atoms with Crippen LogP contribution < -0.4 is 5.32 Å². The van der Waals surface area contributed by atoms with Crippen LogP contribution in [0, 0.1) is 0 Å². The normalized spacial score (nSPS) is 25.9. The highest BCUT2D eigenvalue weighted by Gasteiger charge is 2.43. The highest BCUT2D eigenvalue weighted by atomic mass is 32.2. The Balaban J connectivity index is 1.98. The number of thioether (sulfide) groups is 1. The lowest BCUT2D eigenvalue weighted by Gasteiger charge is -2.31. The molecule has 0 aromatic heterocycles. The van der Waals surface area contributed by atoms with Crippen molar-refractivity contribution >= 4 is 23.8 Å². The molecule has 2 amide bonds. The van der Waals surface area contributed by atoms with Gasteiger partial charge in [0.1, 0.15) is 5.54 Å². The molecule has 2 N–H and O–H groups in total. The maximum Gasteiger partial charge on any atom is 0.329 e. The van der Waals surface area contributed by atoms with Gasteiger partial charge in [0.15, 0.2) is 0 Å². The fourth-order valence-corrected chi connectivity index (χ4v) is 3.92. The maximum absolute atomic E-state index is 12.1. The molecule has 0 aromatic carbocycles. The molecule has 1 unspecified atom stereocenters. The molecular weight excluding hydrogens is 252 g/mol. The van der Waals surface area contributed by atoms with Crippen LogP contribution in [0.5, 0.6) is 0 Å². The smallest absolute Gasteiger partial charge is 0.329 e. The molecule has 1 aliphatic carbocycles. The summed E-state index contributed by atoms with van der Waals surface area (Å²) in [6.45, 7) is 0. The first kappa shape index (κ1) is 13.5. The molecule has 1 atom stereocenters. The van der Waals surface area contributed by atoms with Crippen molar-refractivity contribution in [3.8, 4) is 0 Å². The van der Waals surface area contributed by atoms with Crippen LogP contribution in [0.4, 0.5) is 4.79 Å². The largest absolute Gasteiger partial charge is 0.480 e. The van der Waals surface area contributed by atoms with Gasteiger partial charge >= 0.3 is 12.0 Å². The fraction of sp³-hybridized carbons (Fsp3) is 0.833. The van der Waals surface area contributed by atoms with Gasteiger partial charge in [-0.3, -0.25) is 0 Å². The number of carbonyl (C=O) groups excluding carboxylic acids is 1. The predicted octanol–water partition coefficient (Wildman–Crippen LogP) is 1.53. The van der Waals surface area contributed by atoms with E-state index in [0.717, 1.165) is 30.8 Å². The van der Waals surface area contributed by atoms with Crippen LogP contribution in [0.15, 0.2) is 0 Å². The summed E-state index contributed by atoms with van der Waals surface area (Å²) in [5.74, 6) is 1.12. The van der Waals surface area contributed by atoms with Gasteiger partial charge in [-0.15, -0.1) is 0 Å². The molecule has 2 fully saturated rings. The third-order valence-electron chi connectivity index (χ3n) is 3.99. The zero-order valence-electron chi connectivity index (χ0n) is 10.6. The molecule has 2 aliphatic rings. The molecule has 2 rings (SSSR count). The number of hydrogen-bond acceptors (Lipinski definition) is 3. The lowest BCUT2D eigenvalue weighted by atomic mass is 9.98. The van der Waals surface area contributed by atoms with E-state index in [2.05, 4.69) is 5.32 Å². The second-order valence-corrected chi connectivity index (χ2v) is 6.30. The van der Waals surface area contributed by atoms with E-state index in [4.69, 9.17) is 0 Å². The van der Waals surface area contributed by atoms with E-state index in [1.165, 1.54) is 0 Å². The number of hydrogen-bond donors (Lipinski definition) is 2. The Labute approximate surface area is 111 Å². The van der Waals surface area contributed by atoms with Gasteiger partial charge in [0.05, 0.1) is 0 Å². The number of nitrogens with zero attached hydrogens (tertiary/aromatic N) is 1. The van der Waals surface area contributed by atoms with Crippen molar-refractivity contribution in [2.45, 2.75) is 43.7 Å². The minimum Gasteiger partial charge on any atom is -0.480 e. The van der Waals surface area contributed by atoms with Gasteiger partial charge in [0.25, 0.3) is 0 Å². The first-order chi connectivity index (χ1) is 8.55. The Morgan fingerprint density at radius 1 is 1.39 bits per heavy atom. The minimum absolute atomic E-state index is 0.238. The van der Waals surface area contributed by atoms with Crippen molar-refractivity contribution in [1.29, 1.82) is 0 Å². The molecule has 1 heterocycles. The summed E-state index contributed by atoms with van der Waals surface area (Å²) in [4.78, 5) is 25.2. The van der Waals surface area contributed by atoms with Gasteiger partial charge in [0, 0.05) is 18.8 Å². The van der Waals surface area contributed by atoms with Crippen molar-refractivity contribution in [3.63, 3.8) is 0 Å². The number of urea groups is 1. The highest BCUT2D eigenvalue weighted by Crippen LogP contribution is 2.30. The second kappa shape index (κ2) is 5.38. The average Bonchev–Trinajstić information content (AvgIpc) is 2.99. The third kappa shape index (κ3) is 2.58. The van der Waals surface area contributed by atoms with E-state index >= 15 is 0 Å². The highest BCUT2D eigenvalue weighted by molar-refractivity contribution is 7.99.